The van der Waals surface area contributed by atoms with Gasteiger partial charge in [-0.05, 0) is 29.5 Å². The number of carboxylic acids is 1. The number of nitrogens with two attached hydrogens (primary N) is 1. The lowest BCUT2D eigenvalue weighted by molar-refractivity contribution is -0.139. The number of methoxy groups -OCH3 is 2. The molecule has 33 heavy (non-hydrogen) atoms. The number of hydrogen-bond donors (Lipinski definition) is 2. The summed E-state index contributed by atoms with van der Waals surface area (Å²) in [6.07, 6.45) is -3.07. The maximum Gasteiger partial charge on any atom is 0.513 e. The lowest BCUT2D eigenvalue weighted by Crippen LogP contribution is -2.40. The molecule has 2 unspecified atom stereocenters. The molecule has 3 N–H and O–H groups in total. The van der Waals surface area contributed by atoms with E-state index in [4.69, 9.17) is 24.7 Å². The summed E-state index contributed by atoms with van der Waals surface area (Å²) in [7, 11) is 2.17. The van der Waals surface area contributed by atoms with Gasteiger partial charge in [0.2, 0.25) is 0 Å². The summed E-state index contributed by atoms with van der Waals surface area (Å²) < 4.78 is 28.9. The Labute approximate surface area is 190 Å². The maximum absolute atomic E-state index is 11.8. The van der Waals surface area contributed by atoms with E-state index in [0.717, 1.165) is 14.2 Å². The molecule has 0 saturated carbocycles. The van der Waals surface area contributed by atoms with Crippen LogP contribution in [0.3, 0.4) is 0 Å². The second-order valence-electron chi connectivity index (χ2n) is 7.45. The van der Waals surface area contributed by atoms with Crippen molar-refractivity contribution in [1.82, 2.24) is 0 Å². The van der Waals surface area contributed by atoms with E-state index in [0.29, 0.717) is 5.56 Å². The molecule has 0 radical (unpaired) electrons. The molecular formula is C21H29NO11. The van der Waals surface area contributed by atoms with Gasteiger partial charge in [-0.2, -0.15) is 0 Å². The number of ether oxygens (including phenoxy) is 6. The van der Waals surface area contributed by atoms with E-state index in [2.05, 4.69) is 9.47 Å². The zero-order valence-corrected chi connectivity index (χ0v) is 19.1. The zero-order chi connectivity index (χ0) is 25.1. The first-order valence-corrected chi connectivity index (χ1v) is 9.93. The molecule has 12 heteroatoms. The number of hydrogen-bond acceptors (Lipinski definition) is 11. The highest BCUT2D eigenvalue weighted by atomic mass is 16.7. The third-order valence-corrected chi connectivity index (χ3v) is 4.36. The molecular weight excluding hydrogens is 442 g/mol. The molecule has 0 saturated heterocycles. The third kappa shape index (κ3) is 8.85. The van der Waals surface area contributed by atoms with Crippen molar-refractivity contribution in [1.29, 1.82) is 0 Å². The fourth-order valence-corrected chi connectivity index (χ4v) is 2.78. The molecule has 0 spiro atoms. The minimum absolute atomic E-state index is 0.113. The van der Waals surface area contributed by atoms with Crippen molar-refractivity contribution in [2.45, 2.75) is 32.7 Å². The van der Waals surface area contributed by atoms with Gasteiger partial charge in [-0.15, -0.1) is 0 Å². The van der Waals surface area contributed by atoms with Crippen LogP contribution >= 0.6 is 0 Å². The van der Waals surface area contributed by atoms with E-state index in [-0.39, 0.29) is 30.6 Å². The smallest absolute Gasteiger partial charge is 0.480 e. The van der Waals surface area contributed by atoms with Crippen LogP contribution < -0.4 is 15.2 Å². The Morgan fingerprint density at radius 3 is 1.94 bits per heavy atom. The number of benzene rings is 1. The van der Waals surface area contributed by atoms with Crippen molar-refractivity contribution in [3.63, 3.8) is 0 Å². The highest BCUT2D eigenvalue weighted by Crippen LogP contribution is 2.36. The predicted octanol–water partition coefficient (Wildman–Crippen LogP) is 2.92. The fraction of sp³-hybridized carbons (Fsp3) is 0.524. The molecule has 1 aromatic rings. The Kier molecular flexibility index (Phi) is 10.9. The van der Waals surface area contributed by atoms with Gasteiger partial charge >= 0.3 is 24.4 Å². The lowest BCUT2D eigenvalue weighted by atomic mass is 9.82. The topological polar surface area (TPSA) is 170 Å². The summed E-state index contributed by atoms with van der Waals surface area (Å²) in [5.41, 5.74) is 6.22. The summed E-state index contributed by atoms with van der Waals surface area (Å²) in [5, 5.41) is 9.49. The monoisotopic (exact) mass is 471 g/mol. The van der Waals surface area contributed by atoms with Gasteiger partial charge in [0.1, 0.15) is 6.04 Å². The Morgan fingerprint density at radius 2 is 1.42 bits per heavy atom. The first-order chi connectivity index (χ1) is 15.5. The van der Waals surface area contributed by atoms with Crippen molar-refractivity contribution in [2.24, 2.45) is 17.6 Å². The first-order valence-electron chi connectivity index (χ1n) is 9.93. The molecule has 0 aliphatic heterocycles. The second-order valence-corrected chi connectivity index (χ2v) is 7.45. The van der Waals surface area contributed by atoms with Crippen molar-refractivity contribution in [3.8, 4) is 11.5 Å². The number of carbonyl (C=O) groups excluding carboxylic acids is 3. The molecule has 1 rings (SSSR count). The van der Waals surface area contributed by atoms with E-state index in [9.17, 15) is 24.3 Å². The van der Waals surface area contributed by atoms with E-state index in [1.807, 2.05) is 13.8 Å². The Bertz CT molecular complexity index is 839. The molecule has 0 bridgehead atoms. The lowest BCUT2D eigenvalue weighted by Gasteiger charge is -2.27. The maximum atomic E-state index is 11.8. The minimum Gasteiger partial charge on any atom is -0.480 e. The van der Waals surface area contributed by atoms with Gasteiger partial charge in [-0.1, -0.05) is 26.8 Å². The molecule has 0 aromatic heterocycles. The van der Waals surface area contributed by atoms with Crippen molar-refractivity contribution >= 4 is 24.4 Å². The van der Waals surface area contributed by atoms with E-state index in [1.54, 1.807) is 6.92 Å². The predicted molar refractivity (Wildman–Crippen MR) is 112 cm³/mol. The summed E-state index contributed by atoms with van der Waals surface area (Å²) in [6.45, 7) is 5.32. The molecule has 0 heterocycles. The van der Waals surface area contributed by atoms with Crippen LogP contribution in [0.4, 0.5) is 14.4 Å². The van der Waals surface area contributed by atoms with Gasteiger partial charge in [0, 0.05) is 5.92 Å². The van der Waals surface area contributed by atoms with Gasteiger partial charge in [-0.25, -0.2) is 14.4 Å². The first kappa shape index (κ1) is 27.5. The molecule has 0 amide bonds. The van der Waals surface area contributed by atoms with Crippen LogP contribution in [0.15, 0.2) is 18.2 Å². The quantitative estimate of drug-likeness (QED) is 0.291. The minimum atomic E-state index is -1.41. The Balaban J connectivity index is 3.22. The number of rotatable bonds is 10. The van der Waals surface area contributed by atoms with Crippen LogP contribution in [0.1, 0.15) is 32.3 Å². The normalized spacial score (nSPS) is 13.3. The summed E-state index contributed by atoms with van der Waals surface area (Å²) in [4.78, 5) is 46.5. The summed E-state index contributed by atoms with van der Waals surface area (Å²) in [5.74, 6) is -3.10. The Morgan fingerprint density at radius 1 is 0.879 bits per heavy atom. The van der Waals surface area contributed by atoms with Crippen molar-refractivity contribution in [3.05, 3.63) is 23.8 Å². The van der Waals surface area contributed by atoms with Gasteiger partial charge < -0.3 is 39.3 Å². The van der Waals surface area contributed by atoms with Crippen LogP contribution in [0.25, 0.3) is 0 Å². The van der Waals surface area contributed by atoms with Crippen LogP contribution in [0.2, 0.25) is 0 Å². The van der Waals surface area contributed by atoms with Crippen LogP contribution in [-0.4, -0.2) is 63.0 Å². The van der Waals surface area contributed by atoms with Crippen molar-refractivity contribution in [2.75, 3.05) is 27.4 Å². The van der Waals surface area contributed by atoms with E-state index < -0.39 is 42.3 Å². The SMILES string of the molecule is COC(=O)Oc1ccc(C(C(C)COC(=O)OCC(C)C)[C@H](N)C(=O)O)cc1OC(=O)OC. The standard InChI is InChI=1S/C21H29NO11/c1-11(2)9-30-21(27)31-10-12(3)16(17(22)18(23)24)13-6-7-14(32-19(25)28-4)15(8-13)33-20(26)29-5/h6-8,11-12,16-17H,9-10,22H2,1-5H3,(H,23,24)/t12?,16?,17-/m0/s1. The zero-order valence-electron chi connectivity index (χ0n) is 19.1. The molecule has 184 valence electrons. The summed E-state index contributed by atoms with van der Waals surface area (Å²) in [6, 6.07) is 2.57. The second kappa shape index (κ2) is 13.1. The van der Waals surface area contributed by atoms with Gasteiger partial charge in [-0.3, -0.25) is 4.79 Å². The Hall–Kier alpha value is -3.54. The van der Waals surface area contributed by atoms with Gasteiger partial charge in [0.25, 0.3) is 0 Å². The van der Waals surface area contributed by atoms with Crippen LogP contribution in [-0.2, 0) is 23.7 Å². The third-order valence-electron chi connectivity index (χ3n) is 4.36. The average molecular weight is 471 g/mol. The van der Waals surface area contributed by atoms with Crippen LogP contribution in [0, 0.1) is 11.8 Å². The van der Waals surface area contributed by atoms with Crippen LogP contribution in [0.5, 0.6) is 11.5 Å². The molecule has 1 aromatic carbocycles. The molecule has 0 fully saturated rings. The van der Waals surface area contributed by atoms with Crippen molar-refractivity contribution < 1.29 is 52.7 Å². The highest BCUT2D eigenvalue weighted by molar-refractivity contribution is 5.75. The molecule has 0 aliphatic carbocycles. The average Bonchev–Trinajstić information content (AvgIpc) is 2.77. The van der Waals surface area contributed by atoms with Gasteiger partial charge in [0.15, 0.2) is 11.5 Å². The van der Waals surface area contributed by atoms with Gasteiger partial charge in [0.05, 0.1) is 27.4 Å². The molecule has 12 nitrogen and oxygen atoms in total. The fourth-order valence-electron chi connectivity index (χ4n) is 2.78. The summed E-state index contributed by atoms with van der Waals surface area (Å²) >= 11 is 0. The number of carbonyl (C=O) groups is 4. The van der Waals surface area contributed by atoms with E-state index >= 15 is 0 Å². The largest absolute Gasteiger partial charge is 0.513 e. The number of carboxylic acid groups (broad SMARTS) is 1. The molecule has 0 aliphatic rings. The molecule has 3 atom stereocenters. The van der Waals surface area contributed by atoms with E-state index in [1.165, 1.54) is 18.2 Å². The number of aliphatic carboxylic acids is 1. The highest BCUT2D eigenvalue weighted by Gasteiger charge is 2.33.